The lowest BCUT2D eigenvalue weighted by molar-refractivity contribution is 0.412. The number of hydrogen-bond donors (Lipinski definition) is 2. The van der Waals surface area contributed by atoms with Crippen molar-refractivity contribution in [2.75, 3.05) is 12.8 Å². The van der Waals surface area contributed by atoms with Crippen LogP contribution in [0.5, 0.6) is 5.75 Å². The summed E-state index contributed by atoms with van der Waals surface area (Å²) in [6.07, 6.45) is 0.932. The van der Waals surface area contributed by atoms with Gasteiger partial charge in [0.1, 0.15) is 5.75 Å². The molecular weight excluding hydrogens is 272 g/mol. The monoisotopic (exact) mass is 292 g/mol. The lowest BCUT2D eigenvalue weighted by Gasteiger charge is -2.33. The van der Waals surface area contributed by atoms with Crippen LogP contribution in [0.1, 0.15) is 36.2 Å². The molecule has 0 saturated heterocycles. The Morgan fingerprint density at radius 3 is 2.73 bits per heavy atom. The van der Waals surface area contributed by atoms with Crippen LogP contribution in [0.3, 0.4) is 0 Å². The summed E-state index contributed by atoms with van der Waals surface area (Å²) in [5, 5.41) is 1.24. The van der Waals surface area contributed by atoms with Gasteiger partial charge in [-0.1, -0.05) is 19.9 Å². The summed E-state index contributed by atoms with van der Waals surface area (Å²) in [4.78, 5) is 3.62. The molecule has 0 unspecified atom stereocenters. The quantitative estimate of drug-likeness (QED) is 0.666. The summed E-state index contributed by atoms with van der Waals surface area (Å²) in [6.45, 7) is 4.53. The number of nitrogens with two attached hydrogens (primary N) is 1. The maximum Gasteiger partial charge on any atom is 0.119 e. The Morgan fingerprint density at radius 1 is 1.14 bits per heavy atom. The highest BCUT2D eigenvalue weighted by Gasteiger charge is 2.35. The molecule has 0 atom stereocenters. The number of aromatic amines is 1. The summed E-state index contributed by atoms with van der Waals surface area (Å²) in [5.41, 5.74) is 13.2. The molecule has 3 N–H and O–H groups in total. The van der Waals surface area contributed by atoms with Crippen LogP contribution in [0.25, 0.3) is 10.9 Å². The Morgan fingerprint density at radius 2 is 1.95 bits per heavy atom. The zero-order chi connectivity index (χ0) is 15.5. The zero-order valence-electron chi connectivity index (χ0n) is 13.2. The Balaban J connectivity index is 2.00. The predicted molar refractivity (Wildman–Crippen MR) is 90.6 cm³/mol. The third-order valence-electron chi connectivity index (χ3n) is 4.91. The van der Waals surface area contributed by atoms with E-state index in [4.69, 9.17) is 10.5 Å². The van der Waals surface area contributed by atoms with Crippen LogP contribution in [-0.2, 0) is 11.8 Å². The highest BCUT2D eigenvalue weighted by molar-refractivity contribution is 5.89. The van der Waals surface area contributed by atoms with Crippen molar-refractivity contribution in [2.24, 2.45) is 0 Å². The van der Waals surface area contributed by atoms with Gasteiger partial charge in [-0.15, -0.1) is 0 Å². The van der Waals surface area contributed by atoms with Crippen LogP contribution in [0, 0.1) is 0 Å². The van der Waals surface area contributed by atoms with Gasteiger partial charge >= 0.3 is 0 Å². The minimum Gasteiger partial charge on any atom is -0.497 e. The molecule has 0 aliphatic heterocycles. The normalized spacial score (nSPS) is 15.4. The van der Waals surface area contributed by atoms with Gasteiger partial charge in [0.25, 0.3) is 0 Å². The van der Waals surface area contributed by atoms with Crippen molar-refractivity contribution in [1.82, 2.24) is 4.98 Å². The number of benzene rings is 2. The minimum absolute atomic E-state index is 0.0781. The van der Waals surface area contributed by atoms with Gasteiger partial charge in [0, 0.05) is 34.1 Å². The number of nitrogens with one attached hydrogen (secondary N) is 1. The zero-order valence-corrected chi connectivity index (χ0v) is 13.2. The lowest BCUT2D eigenvalue weighted by Crippen LogP contribution is -2.27. The maximum absolute atomic E-state index is 5.99. The van der Waals surface area contributed by atoms with E-state index in [1.165, 1.54) is 27.8 Å². The van der Waals surface area contributed by atoms with E-state index in [2.05, 4.69) is 43.1 Å². The van der Waals surface area contributed by atoms with E-state index in [0.29, 0.717) is 0 Å². The van der Waals surface area contributed by atoms with Crippen molar-refractivity contribution in [3.8, 4) is 5.75 Å². The van der Waals surface area contributed by atoms with E-state index in [1.54, 1.807) is 7.11 Å². The summed E-state index contributed by atoms with van der Waals surface area (Å²) >= 11 is 0. The molecule has 1 aliphatic rings. The number of rotatable bonds is 1. The standard InChI is InChI=1S/C19H20N2O/c1-19(2)16-10-13(22-3)6-4-11(16)8-15-14-9-12(20)5-7-17(14)21-18(15)19/h4-7,9-10,21H,8,20H2,1-3H3. The summed E-state index contributed by atoms with van der Waals surface area (Å²) in [6, 6.07) is 12.5. The molecule has 22 heavy (non-hydrogen) atoms. The first-order chi connectivity index (χ1) is 10.5. The predicted octanol–water partition coefficient (Wildman–Crippen LogP) is 3.99. The third kappa shape index (κ3) is 1.68. The molecule has 0 bridgehead atoms. The summed E-state index contributed by atoms with van der Waals surface area (Å²) in [7, 11) is 1.72. The van der Waals surface area contributed by atoms with Crippen molar-refractivity contribution in [3.63, 3.8) is 0 Å². The molecule has 3 nitrogen and oxygen atoms in total. The van der Waals surface area contributed by atoms with Gasteiger partial charge in [0.05, 0.1) is 7.11 Å². The molecule has 0 saturated carbocycles. The van der Waals surface area contributed by atoms with E-state index >= 15 is 0 Å². The topological polar surface area (TPSA) is 51.0 Å². The van der Waals surface area contributed by atoms with Crippen LogP contribution in [0.2, 0.25) is 0 Å². The molecule has 0 amide bonds. The van der Waals surface area contributed by atoms with Crippen LogP contribution >= 0.6 is 0 Å². The number of hydrogen-bond acceptors (Lipinski definition) is 2. The van der Waals surface area contributed by atoms with E-state index in [1.807, 2.05) is 12.1 Å². The van der Waals surface area contributed by atoms with E-state index in [0.717, 1.165) is 23.4 Å². The maximum atomic E-state index is 5.99. The lowest BCUT2D eigenvalue weighted by atomic mass is 9.72. The highest BCUT2D eigenvalue weighted by Crippen LogP contribution is 2.44. The second-order valence-corrected chi connectivity index (χ2v) is 6.61. The van der Waals surface area contributed by atoms with E-state index in [9.17, 15) is 0 Å². The average Bonchev–Trinajstić information content (AvgIpc) is 2.86. The van der Waals surface area contributed by atoms with Crippen LogP contribution in [0.4, 0.5) is 5.69 Å². The largest absolute Gasteiger partial charge is 0.497 e. The van der Waals surface area contributed by atoms with Gasteiger partial charge in [-0.05, 0) is 47.0 Å². The first-order valence-corrected chi connectivity index (χ1v) is 7.58. The molecule has 4 rings (SSSR count). The Bertz CT molecular complexity index is 890. The Kier molecular flexibility index (Phi) is 2.59. The number of ether oxygens (including phenoxy) is 1. The molecule has 112 valence electrons. The molecule has 0 radical (unpaired) electrons. The summed E-state index contributed by atoms with van der Waals surface area (Å²) < 4.78 is 5.41. The molecule has 0 spiro atoms. The first-order valence-electron chi connectivity index (χ1n) is 7.58. The molecule has 1 aliphatic carbocycles. The van der Waals surface area contributed by atoms with Crippen LogP contribution < -0.4 is 10.5 Å². The number of nitrogen functional groups attached to an aromatic ring is 1. The molecule has 3 aromatic rings. The smallest absolute Gasteiger partial charge is 0.119 e. The third-order valence-corrected chi connectivity index (χ3v) is 4.91. The molecule has 1 aromatic heterocycles. The number of aromatic nitrogens is 1. The number of methoxy groups -OCH3 is 1. The van der Waals surface area contributed by atoms with Crippen molar-refractivity contribution < 1.29 is 4.74 Å². The van der Waals surface area contributed by atoms with Crippen molar-refractivity contribution in [1.29, 1.82) is 0 Å². The number of fused-ring (bicyclic) bond motifs is 4. The second kappa shape index (κ2) is 4.29. The summed E-state index contributed by atoms with van der Waals surface area (Å²) in [5.74, 6) is 0.913. The van der Waals surface area contributed by atoms with Crippen LogP contribution in [0.15, 0.2) is 36.4 Å². The van der Waals surface area contributed by atoms with Gasteiger partial charge in [0.2, 0.25) is 0 Å². The SMILES string of the molecule is COc1ccc2c(c1)C(C)(C)c1[nH]c3ccc(N)cc3c1C2. The molecule has 3 heteroatoms. The Labute approximate surface area is 130 Å². The molecule has 1 heterocycles. The second-order valence-electron chi connectivity index (χ2n) is 6.61. The highest BCUT2D eigenvalue weighted by atomic mass is 16.5. The number of H-pyrrole nitrogens is 1. The van der Waals surface area contributed by atoms with E-state index in [-0.39, 0.29) is 5.41 Å². The molecule has 2 aromatic carbocycles. The molecular formula is C19H20N2O. The first kappa shape index (κ1) is 13.3. The Hall–Kier alpha value is -2.42. The van der Waals surface area contributed by atoms with Gasteiger partial charge in [-0.2, -0.15) is 0 Å². The van der Waals surface area contributed by atoms with Gasteiger partial charge in [-0.25, -0.2) is 0 Å². The number of anilines is 1. The fourth-order valence-electron chi connectivity index (χ4n) is 3.73. The van der Waals surface area contributed by atoms with Gasteiger partial charge < -0.3 is 15.5 Å². The van der Waals surface area contributed by atoms with Gasteiger partial charge in [-0.3, -0.25) is 0 Å². The molecule has 0 fully saturated rings. The van der Waals surface area contributed by atoms with Gasteiger partial charge in [0.15, 0.2) is 0 Å². The average molecular weight is 292 g/mol. The minimum atomic E-state index is -0.0781. The van der Waals surface area contributed by atoms with Crippen LogP contribution in [-0.4, -0.2) is 12.1 Å². The van der Waals surface area contributed by atoms with Crippen molar-refractivity contribution in [3.05, 3.63) is 58.8 Å². The van der Waals surface area contributed by atoms with E-state index < -0.39 is 0 Å². The van der Waals surface area contributed by atoms with Crippen molar-refractivity contribution >= 4 is 16.6 Å². The fraction of sp³-hybridized carbons (Fsp3) is 0.263. The van der Waals surface area contributed by atoms with Crippen molar-refractivity contribution in [2.45, 2.75) is 25.7 Å². The fourth-order valence-corrected chi connectivity index (χ4v) is 3.73.